The molecule has 0 spiro atoms. The van der Waals surface area contributed by atoms with Crippen LogP contribution < -0.4 is 19.5 Å². The molecule has 6 nitrogen and oxygen atoms in total. The third-order valence-electron chi connectivity index (χ3n) is 2.79. The Bertz CT molecular complexity index is 543. The second-order valence-corrected chi connectivity index (χ2v) is 6.01. The molecule has 0 aromatic heterocycles. The molecule has 7 heteroatoms. The fourth-order valence-electron chi connectivity index (χ4n) is 1.77. The molecule has 0 unspecified atom stereocenters. The Labute approximate surface area is 114 Å². The molecule has 0 radical (unpaired) electrons. The Hall–Kier alpha value is -1.63. The largest absolute Gasteiger partial charge is 0.494 e. The van der Waals surface area contributed by atoms with Crippen molar-refractivity contribution in [2.45, 2.75) is 13.8 Å². The molecule has 19 heavy (non-hydrogen) atoms. The monoisotopic (exact) mass is 288 g/mol. The molecular weight excluding hydrogens is 268 g/mol. The topological polar surface area (TPSA) is 81.9 Å². The SMILES string of the molecule is CCN(c1cc(N)c(OC)cc1OC)S(=O)(=O)CC. The van der Waals surface area contributed by atoms with Gasteiger partial charge in [-0.3, -0.25) is 4.31 Å². The molecule has 0 aliphatic heterocycles. The van der Waals surface area contributed by atoms with Crippen molar-refractivity contribution in [3.63, 3.8) is 0 Å². The maximum atomic E-state index is 12.1. The summed E-state index contributed by atoms with van der Waals surface area (Å²) in [6.45, 7) is 3.66. The number of rotatable bonds is 6. The van der Waals surface area contributed by atoms with Gasteiger partial charge < -0.3 is 15.2 Å². The lowest BCUT2D eigenvalue weighted by Crippen LogP contribution is -2.32. The average Bonchev–Trinajstić information content (AvgIpc) is 2.39. The molecule has 0 amide bonds. The molecule has 1 aromatic rings. The fourth-order valence-corrected chi connectivity index (χ4v) is 2.92. The summed E-state index contributed by atoms with van der Waals surface area (Å²) in [5.41, 5.74) is 6.62. The van der Waals surface area contributed by atoms with E-state index in [2.05, 4.69) is 0 Å². The lowest BCUT2D eigenvalue weighted by Gasteiger charge is -2.24. The smallest absolute Gasteiger partial charge is 0.234 e. The number of nitrogens with zero attached hydrogens (tertiary/aromatic N) is 1. The number of hydrogen-bond donors (Lipinski definition) is 1. The number of hydrogen-bond acceptors (Lipinski definition) is 5. The summed E-state index contributed by atoms with van der Waals surface area (Å²) in [6.07, 6.45) is 0. The lowest BCUT2D eigenvalue weighted by molar-refractivity contribution is 0.396. The fraction of sp³-hybridized carbons (Fsp3) is 0.500. The zero-order chi connectivity index (χ0) is 14.6. The Morgan fingerprint density at radius 1 is 1.16 bits per heavy atom. The summed E-state index contributed by atoms with van der Waals surface area (Å²) >= 11 is 0. The summed E-state index contributed by atoms with van der Waals surface area (Å²) in [6, 6.07) is 3.13. The first-order valence-electron chi connectivity index (χ1n) is 5.93. The van der Waals surface area contributed by atoms with E-state index in [-0.39, 0.29) is 5.75 Å². The summed E-state index contributed by atoms with van der Waals surface area (Å²) in [7, 11) is -0.411. The Morgan fingerprint density at radius 2 is 1.74 bits per heavy atom. The van der Waals surface area contributed by atoms with Gasteiger partial charge in [-0.1, -0.05) is 0 Å². The molecule has 0 aliphatic carbocycles. The van der Waals surface area contributed by atoms with Gasteiger partial charge in [-0.25, -0.2) is 8.42 Å². The number of benzene rings is 1. The highest BCUT2D eigenvalue weighted by atomic mass is 32.2. The molecule has 0 atom stereocenters. The second-order valence-electron chi connectivity index (χ2n) is 3.83. The van der Waals surface area contributed by atoms with E-state index in [1.807, 2.05) is 0 Å². The number of nitrogen functional groups attached to an aromatic ring is 1. The Kier molecular flexibility index (Phi) is 4.88. The number of anilines is 2. The van der Waals surface area contributed by atoms with E-state index in [0.717, 1.165) is 0 Å². The van der Waals surface area contributed by atoms with Gasteiger partial charge in [-0.15, -0.1) is 0 Å². The number of ether oxygens (including phenoxy) is 2. The van der Waals surface area contributed by atoms with E-state index in [0.29, 0.717) is 29.4 Å². The third kappa shape index (κ3) is 3.04. The first-order chi connectivity index (χ1) is 8.91. The van der Waals surface area contributed by atoms with Crippen molar-refractivity contribution in [3.05, 3.63) is 12.1 Å². The van der Waals surface area contributed by atoms with E-state index in [1.165, 1.54) is 18.5 Å². The van der Waals surface area contributed by atoms with Crippen LogP contribution in [0.4, 0.5) is 11.4 Å². The van der Waals surface area contributed by atoms with Gasteiger partial charge in [0, 0.05) is 12.6 Å². The number of sulfonamides is 1. The van der Waals surface area contributed by atoms with Crippen molar-refractivity contribution in [2.75, 3.05) is 36.6 Å². The van der Waals surface area contributed by atoms with E-state index >= 15 is 0 Å². The summed E-state index contributed by atoms with van der Waals surface area (Å²) in [4.78, 5) is 0. The standard InChI is InChI=1S/C12H20N2O4S/c1-5-14(19(15,16)6-2)10-7-9(13)11(17-3)8-12(10)18-4/h7-8H,5-6,13H2,1-4H3. The Morgan fingerprint density at radius 3 is 2.16 bits per heavy atom. The number of nitrogens with two attached hydrogens (primary N) is 1. The maximum Gasteiger partial charge on any atom is 0.234 e. The molecule has 0 bridgehead atoms. The van der Waals surface area contributed by atoms with Crippen molar-refractivity contribution in [1.82, 2.24) is 0 Å². The molecule has 1 rings (SSSR count). The van der Waals surface area contributed by atoms with Gasteiger partial charge in [0.2, 0.25) is 10.0 Å². The highest BCUT2D eigenvalue weighted by Crippen LogP contribution is 2.37. The van der Waals surface area contributed by atoms with Crippen LogP contribution in [0.5, 0.6) is 11.5 Å². The van der Waals surface area contributed by atoms with E-state index < -0.39 is 10.0 Å². The highest BCUT2D eigenvalue weighted by molar-refractivity contribution is 7.92. The lowest BCUT2D eigenvalue weighted by atomic mass is 10.2. The predicted molar refractivity (Wildman–Crippen MR) is 76.4 cm³/mol. The molecule has 0 heterocycles. The van der Waals surface area contributed by atoms with E-state index in [1.54, 1.807) is 26.0 Å². The van der Waals surface area contributed by atoms with Crippen LogP contribution in [-0.2, 0) is 10.0 Å². The van der Waals surface area contributed by atoms with Gasteiger partial charge in [-0.2, -0.15) is 0 Å². The predicted octanol–water partition coefficient (Wildman–Crippen LogP) is 1.46. The van der Waals surface area contributed by atoms with Crippen molar-refractivity contribution < 1.29 is 17.9 Å². The maximum absolute atomic E-state index is 12.1. The molecule has 108 valence electrons. The molecule has 0 saturated heterocycles. The third-order valence-corrected chi connectivity index (χ3v) is 4.64. The quantitative estimate of drug-likeness (QED) is 0.801. The normalized spacial score (nSPS) is 11.2. The molecular formula is C12H20N2O4S. The molecule has 0 aliphatic rings. The van der Waals surface area contributed by atoms with E-state index in [4.69, 9.17) is 15.2 Å². The van der Waals surface area contributed by atoms with Crippen LogP contribution >= 0.6 is 0 Å². The number of methoxy groups -OCH3 is 2. The molecule has 1 aromatic carbocycles. The van der Waals surface area contributed by atoms with Crippen molar-refractivity contribution in [3.8, 4) is 11.5 Å². The van der Waals surface area contributed by atoms with Crippen LogP contribution in [0.3, 0.4) is 0 Å². The minimum absolute atomic E-state index is 0.00985. The van der Waals surface area contributed by atoms with Gasteiger partial charge in [0.05, 0.1) is 31.3 Å². The summed E-state index contributed by atoms with van der Waals surface area (Å²) < 4.78 is 35.7. The van der Waals surface area contributed by atoms with Crippen LogP contribution in [0.15, 0.2) is 12.1 Å². The minimum atomic E-state index is -3.38. The van der Waals surface area contributed by atoms with Gasteiger partial charge >= 0.3 is 0 Å². The van der Waals surface area contributed by atoms with Crippen molar-refractivity contribution in [1.29, 1.82) is 0 Å². The zero-order valence-electron chi connectivity index (χ0n) is 11.6. The van der Waals surface area contributed by atoms with Crippen LogP contribution in [0.1, 0.15) is 13.8 Å². The van der Waals surface area contributed by atoms with Gasteiger partial charge in [0.25, 0.3) is 0 Å². The van der Waals surface area contributed by atoms with Gasteiger partial charge in [0.15, 0.2) is 0 Å². The van der Waals surface area contributed by atoms with Crippen LogP contribution in [0, 0.1) is 0 Å². The molecule has 0 saturated carbocycles. The van der Waals surface area contributed by atoms with Crippen LogP contribution in [-0.4, -0.2) is 34.9 Å². The molecule has 0 fully saturated rings. The molecule has 2 N–H and O–H groups in total. The second kappa shape index (κ2) is 6.01. The van der Waals surface area contributed by atoms with Crippen molar-refractivity contribution in [2.24, 2.45) is 0 Å². The van der Waals surface area contributed by atoms with E-state index in [9.17, 15) is 8.42 Å². The average molecular weight is 288 g/mol. The van der Waals surface area contributed by atoms with Gasteiger partial charge in [-0.05, 0) is 19.9 Å². The van der Waals surface area contributed by atoms with Gasteiger partial charge in [0.1, 0.15) is 11.5 Å². The first kappa shape index (κ1) is 15.4. The van der Waals surface area contributed by atoms with Crippen LogP contribution in [0.25, 0.3) is 0 Å². The minimum Gasteiger partial charge on any atom is -0.494 e. The zero-order valence-corrected chi connectivity index (χ0v) is 12.5. The first-order valence-corrected chi connectivity index (χ1v) is 7.54. The highest BCUT2D eigenvalue weighted by Gasteiger charge is 2.23. The van der Waals surface area contributed by atoms with Crippen molar-refractivity contribution >= 4 is 21.4 Å². The Balaban J connectivity index is 3.43. The van der Waals surface area contributed by atoms with Crippen LogP contribution in [0.2, 0.25) is 0 Å². The summed E-state index contributed by atoms with van der Waals surface area (Å²) in [5.74, 6) is 0.867. The summed E-state index contributed by atoms with van der Waals surface area (Å²) in [5, 5.41) is 0.